The minimum Gasteiger partial charge on any atom is -0.343 e. The van der Waals surface area contributed by atoms with Crippen molar-refractivity contribution < 1.29 is 4.79 Å². The molecule has 0 unspecified atom stereocenters. The summed E-state index contributed by atoms with van der Waals surface area (Å²) in [5.41, 5.74) is 1.22. The summed E-state index contributed by atoms with van der Waals surface area (Å²) in [6, 6.07) is 0. The maximum Gasteiger partial charge on any atom is 0.223 e. The van der Waals surface area contributed by atoms with Crippen LogP contribution in [-0.4, -0.2) is 46.8 Å². The lowest BCUT2D eigenvalue weighted by Gasteiger charge is -2.18. The Kier molecular flexibility index (Phi) is 6.43. The predicted molar refractivity (Wildman–Crippen MR) is 72.3 cm³/mol. The van der Waals surface area contributed by atoms with E-state index in [1.54, 1.807) is 4.68 Å². The van der Waals surface area contributed by atoms with Crippen LogP contribution in [0.3, 0.4) is 0 Å². The number of carbonyl (C=O) groups excluding carboxylic acids is 1. The van der Waals surface area contributed by atoms with Crippen LogP contribution >= 0.6 is 0 Å². The molecule has 0 atom stereocenters. The number of hydrogen-bond acceptors (Lipinski definition) is 3. The van der Waals surface area contributed by atoms with E-state index in [0.717, 1.165) is 32.6 Å². The van der Waals surface area contributed by atoms with Gasteiger partial charge in [0.1, 0.15) is 0 Å². The van der Waals surface area contributed by atoms with Crippen molar-refractivity contribution in [3.63, 3.8) is 0 Å². The molecule has 0 radical (unpaired) electrons. The van der Waals surface area contributed by atoms with Gasteiger partial charge in [-0.15, -0.1) is 0 Å². The summed E-state index contributed by atoms with van der Waals surface area (Å²) < 4.78 is 1.80. The molecular formula is C13H24N4O. The summed E-state index contributed by atoms with van der Waals surface area (Å²) in [6.45, 7) is 7.25. The highest BCUT2D eigenvalue weighted by Crippen LogP contribution is 1.96. The molecule has 0 aliphatic heterocycles. The summed E-state index contributed by atoms with van der Waals surface area (Å²) in [4.78, 5) is 13.6. The molecule has 0 spiro atoms. The van der Waals surface area contributed by atoms with Crippen molar-refractivity contribution in [2.45, 2.75) is 26.7 Å². The molecule has 1 rings (SSSR count). The van der Waals surface area contributed by atoms with Crippen molar-refractivity contribution in [3.05, 3.63) is 18.0 Å². The Bertz CT molecular complexity index is 358. The third-order valence-corrected chi connectivity index (χ3v) is 2.98. The second-order valence-corrected chi connectivity index (χ2v) is 4.34. The Morgan fingerprint density at radius 3 is 2.67 bits per heavy atom. The first-order valence-electron chi connectivity index (χ1n) is 6.63. The highest BCUT2D eigenvalue weighted by molar-refractivity contribution is 5.76. The van der Waals surface area contributed by atoms with Gasteiger partial charge in [0.2, 0.25) is 5.91 Å². The van der Waals surface area contributed by atoms with Gasteiger partial charge in [-0.2, -0.15) is 5.10 Å². The van der Waals surface area contributed by atoms with E-state index in [4.69, 9.17) is 0 Å². The van der Waals surface area contributed by atoms with E-state index in [1.807, 2.05) is 38.2 Å². The molecule has 18 heavy (non-hydrogen) atoms. The molecule has 1 N–H and O–H groups in total. The smallest absolute Gasteiger partial charge is 0.223 e. The van der Waals surface area contributed by atoms with Crippen LogP contribution in [0.15, 0.2) is 12.4 Å². The average Bonchev–Trinajstić information content (AvgIpc) is 2.76. The Hall–Kier alpha value is -1.36. The summed E-state index contributed by atoms with van der Waals surface area (Å²) in [5, 5.41) is 7.41. The van der Waals surface area contributed by atoms with Crippen molar-refractivity contribution in [1.82, 2.24) is 20.0 Å². The molecule has 5 nitrogen and oxygen atoms in total. The lowest BCUT2D eigenvalue weighted by molar-refractivity contribution is -0.130. The SMILES string of the molecule is CCN(CC)C(=O)CCNCCc1cnn(C)c1. The van der Waals surface area contributed by atoms with E-state index >= 15 is 0 Å². The number of nitrogens with zero attached hydrogens (tertiary/aromatic N) is 3. The average molecular weight is 252 g/mol. The van der Waals surface area contributed by atoms with Crippen molar-refractivity contribution >= 4 is 5.91 Å². The zero-order valence-electron chi connectivity index (χ0n) is 11.6. The van der Waals surface area contributed by atoms with E-state index in [2.05, 4.69) is 10.4 Å². The van der Waals surface area contributed by atoms with E-state index in [-0.39, 0.29) is 5.91 Å². The number of aromatic nitrogens is 2. The van der Waals surface area contributed by atoms with Crippen molar-refractivity contribution in [3.8, 4) is 0 Å². The van der Waals surface area contributed by atoms with Gasteiger partial charge in [-0.25, -0.2) is 0 Å². The summed E-state index contributed by atoms with van der Waals surface area (Å²) in [6.07, 6.45) is 5.42. The molecule has 1 heterocycles. The number of hydrogen-bond donors (Lipinski definition) is 1. The van der Waals surface area contributed by atoms with E-state index in [9.17, 15) is 4.79 Å². The zero-order valence-corrected chi connectivity index (χ0v) is 11.6. The van der Waals surface area contributed by atoms with Crippen LogP contribution < -0.4 is 5.32 Å². The Labute approximate surface area is 109 Å². The van der Waals surface area contributed by atoms with E-state index < -0.39 is 0 Å². The van der Waals surface area contributed by atoms with Gasteiger partial charge >= 0.3 is 0 Å². The highest BCUT2D eigenvalue weighted by Gasteiger charge is 2.07. The van der Waals surface area contributed by atoms with Crippen LogP contribution in [0.4, 0.5) is 0 Å². The zero-order chi connectivity index (χ0) is 13.4. The van der Waals surface area contributed by atoms with Crippen molar-refractivity contribution in [1.29, 1.82) is 0 Å². The number of aryl methyl sites for hydroxylation is 1. The first-order valence-corrected chi connectivity index (χ1v) is 6.63. The highest BCUT2D eigenvalue weighted by atomic mass is 16.2. The van der Waals surface area contributed by atoms with Crippen LogP contribution in [0.1, 0.15) is 25.8 Å². The monoisotopic (exact) mass is 252 g/mol. The summed E-state index contributed by atoms with van der Waals surface area (Å²) >= 11 is 0. The van der Waals surface area contributed by atoms with Crippen molar-refractivity contribution in [2.75, 3.05) is 26.2 Å². The Morgan fingerprint density at radius 2 is 2.11 bits per heavy atom. The molecule has 1 aromatic heterocycles. The first-order chi connectivity index (χ1) is 8.67. The lowest BCUT2D eigenvalue weighted by atomic mass is 10.2. The van der Waals surface area contributed by atoms with Gasteiger partial charge in [0.05, 0.1) is 6.20 Å². The molecule has 102 valence electrons. The summed E-state index contributed by atoms with van der Waals surface area (Å²) in [5.74, 6) is 0.230. The standard InChI is InChI=1S/C13H24N4O/c1-4-17(5-2)13(18)7-9-14-8-6-12-10-15-16(3)11-12/h10-11,14H,4-9H2,1-3H3. The molecule has 1 amide bonds. The van der Waals surface area contributed by atoms with Gasteiger partial charge in [0.15, 0.2) is 0 Å². The van der Waals surface area contributed by atoms with Gasteiger partial charge < -0.3 is 10.2 Å². The topological polar surface area (TPSA) is 50.2 Å². The Balaban J connectivity index is 2.10. The lowest BCUT2D eigenvalue weighted by Crippen LogP contribution is -2.33. The number of amides is 1. The number of carbonyl (C=O) groups is 1. The van der Waals surface area contributed by atoms with E-state index in [0.29, 0.717) is 6.42 Å². The minimum atomic E-state index is 0.230. The molecule has 0 bridgehead atoms. The van der Waals surface area contributed by atoms with Crippen LogP contribution in [0.25, 0.3) is 0 Å². The van der Waals surface area contributed by atoms with E-state index in [1.165, 1.54) is 5.56 Å². The van der Waals surface area contributed by atoms with Crippen LogP contribution in [0.5, 0.6) is 0 Å². The first kappa shape index (κ1) is 14.7. The van der Waals surface area contributed by atoms with Crippen LogP contribution in [-0.2, 0) is 18.3 Å². The second kappa shape index (κ2) is 7.87. The fraction of sp³-hybridized carbons (Fsp3) is 0.692. The van der Waals surface area contributed by atoms with Gasteiger partial charge in [0, 0.05) is 39.3 Å². The number of rotatable bonds is 8. The number of nitrogens with one attached hydrogen (secondary N) is 1. The van der Waals surface area contributed by atoms with Gasteiger partial charge in [-0.1, -0.05) is 0 Å². The van der Waals surface area contributed by atoms with Gasteiger partial charge in [-0.05, 0) is 32.4 Å². The second-order valence-electron chi connectivity index (χ2n) is 4.34. The van der Waals surface area contributed by atoms with Crippen molar-refractivity contribution in [2.24, 2.45) is 7.05 Å². The molecule has 0 aliphatic carbocycles. The fourth-order valence-electron chi connectivity index (χ4n) is 1.89. The third kappa shape index (κ3) is 4.87. The summed E-state index contributed by atoms with van der Waals surface area (Å²) in [7, 11) is 1.92. The molecule has 0 aromatic carbocycles. The molecule has 0 aliphatic rings. The molecule has 0 fully saturated rings. The molecule has 1 aromatic rings. The van der Waals surface area contributed by atoms with Crippen LogP contribution in [0.2, 0.25) is 0 Å². The predicted octanol–water partition coefficient (Wildman–Crippen LogP) is 0.811. The van der Waals surface area contributed by atoms with Gasteiger partial charge in [0.25, 0.3) is 0 Å². The largest absolute Gasteiger partial charge is 0.343 e. The fourth-order valence-corrected chi connectivity index (χ4v) is 1.89. The quantitative estimate of drug-likeness (QED) is 0.697. The normalized spacial score (nSPS) is 10.6. The van der Waals surface area contributed by atoms with Crippen LogP contribution in [0, 0.1) is 0 Å². The third-order valence-electron chi connectivity index (χ3n) is 2.98. The Morgan fingerprint density at radius 1 is 1.39 bits per heavy atom. The molecule has 0 saturated heterocycles. The maximum atomic E-state index is 11.7. The minimum absolute atomic E-state index is 0.230. The van der Waals surface area contributed by atoms with Gasteiger partial charge in [-0.3, -0.25) is 9.48 Å². The molecular weight excluding hydrogens is 228 g/mol. The molecule has 0 saturated carbocycles. The molecule has 5 heteroatoms. The maximum absolute atomic E-state index is 11.7.